The first-order valence-corrected chi connectivity index (χ1v) is 13.6. The summed E-state index contributed by atoms with van der Waals surface area (Å²) >= 11 is 0. The second kappa shape index (κ2) is 8.11. The summed E-state index contributed by atoms with van der Waals surface area (Å²) in [7, 11) is 0. The van der Waals surface area contributed by atoms with E-state index < -0.39 is 0 Å². The highest BCUT2D eigenvalue weighted by molar-refractivity contribution is 6.24. The molecule has 3 aromatic heterocycles. The molecule has 0 radical (unpaired) electrons. The minimum atomic E-state index is 0.616. The van der Waals surface area contributed by atoms with Crippen molar-refractivity contribution < 1.29 is 8.83 Å². The number of nitrogens with zero attached hydrogens (tertiary/aromatic N) is 2. The molecule has 0 unspecified atom stereocenters. The Bertz CT molecular complexity index is 2550. The van der Waals surface area contributed by atoms with E-state index >= 15 is 0 Å². The molecular weight excluding hydrogens is 504 g/mol. The van der Waals surface area contributed by atoms with Gasteiger partial charge in [0.2, 0.25) is 0 Å². The fraction of sp³-hybridized carbons (Fsp3) is 0. The number of furan rings is 2. The van der Waals surface area contributed by atoms with Gasteiger partial charge in [0.15, 0.2) is 0 Å². The molecule has 0 aliphatic heterocycles. The average Bonchev–Trinajstić information content (AvgIpc) is 3.69. The van der Waals surface area contributed by atoms with Gasteiger partial charge in [0.05, 0.1) is 33.7 Å². The largest absolute Gasteiger partial charge is 0.456 e. The Morgan fingerprint density at radius 2 is 1.24 bits per heavy atom. The molecule has 4 nitrogen and oxygen atoms in total. The lowest BCUT2D eigenvalue weighted by atomic mass is 9.96. The molecule has 0 atom stereocenters. The maximum absolute atomic E-state index is 10.3. The van der Waals surface area contributed by atoms with Gasteiger partial charge in [-0.2, -0.15) is 5.26 Å². The monoisotopic (exact) mass is 524 g/mol. The van der Waals surface area contributed by atoms with Crippen LogP contribution in [-0.2, 0) is 0 Å². The van der Waals surface area contributed by atoms with Crippen LogP contribution in [0.4, 0.5) is 0 Å². The topological polar surface area (TPSA) is 55.0 Å². The Kier molecular flexibility index (Phi) is 4.37. The summed E-state index contributed by atoms with van der Waals surface area (Å²) in [4.78, 5) is 0. The molecule has 0 N–H and O–H groups in total. The van der Waals surface area contributed by atoms with Crippen molar-refractivity contribution in [3.8, 4) is 22.9 Å². The summed E-state index contributed by atoms with van der Waals surface area (Å²) in [5.74, 6) is 0. The average molecular weight is 525 g/mol. The minimum Gasteiger partial charge on any atom is -0.456 e. The number of nitriles is 1. The predicted molar refractivity (Wildman–Crippen MR) is 165 cm³/mol. The highest BCUT2D eigenvalue weighted by atomic mass is 16.3. The summed E-state index contributed by atoms with van der Waals surface area (Å²) in [6.45, 7) is 0. The Morgan fingerprint density at radius 1 is 0.537 bits per heavy atom. The van der Waals surface area contributed by atoms with E-state index in [4.69, 9.17) is 8.83 Å². The van der Waals surface area contributed by atoms with Crippen molar-refractivity contribution in [3.05, 3.63) is 127 Å². The molecule has 0 fully saturated rings. The molecule has 0 bridgehead atoms. The number of aromatic nitrogens is 1. The standard InChI is InChI=1S/C37H20N2O2/c38-21-23-8-7-13-30(35(23)22-16-19-34-28(20-22)25-10-3-5-14-32(25)40-34)39-29-12-4-1-11-27(29)36-31(39)18-17-26-24-9-2-6-15-33(24)41-37(26)36/h1-20H. The van der Waals surface area contributed by atoms with Crippen molar-refractivity contribution in [1.29, 1.82) is 5.26 Å². The van der Waals surface area contributed by atoms with Crippen LogP contribution in [0.5, 0.6) is 0 Å². The second-order valence-corrected chi connectivity index (χ2v) is 10.4. The maximum atomic E-state index is 10.3. The van der Waals surface area contributed by atoms with Gasteiger partial charge in [-0.1, -0.05) is 66.7 Å². The molecule has 6 aromatic carbocycles. The summed E-state index contributed by atoms with van der Waals surface area (Å²) in [6, 6.07) is 43.6. The highest BCUT2D eigenvalue weighted by Crippen LogP contribution is 2.43. The Morgan fingerprint density at radius 3 is 2.07 bits per heavy atom. The highest BCUT2D eigenvalue weighted by Gasteiger charge is 2.22. The summed E-state index contributed by atoms with van der Waals surface area (Å²) < 4.78 is 14.9. The van der Waals surface area contributed by atoms with Crippen LogP contribution in [0.25, 0.3) is 82.5 Å². The van der Waals surface area contributed by atoms with Crippen LogP contribution in [0, 0.1) is 11.3 Å². The maximum Gasteiger partial charge on any atom is 0.145 e. The van der Waals surface area contributed by atoms with Gasteiger partial charge >= 0.3 is 0 Å². The molecule has 3 heterocycles. The summed E-state index contributed by atoms with van der Waals surface area (Å²) in [5, 5.41) is 16.8. The van der Waals surface area contributed by atoms with Crippen LogP contribution in [-0.4, -0.2) is 4.57 Å². The first-order chi connectivity index (χ1) is 20.3. The van der Waals surface area contributed by atoms with Crippen LogP contribution < -0.4 is 0 Å². The van der Waals surface area contributed by atoms with E-state index in [1.165, 1.54) is 0 Å². The third kappa shape index (κ3) is 2.98. The summed E-state index contributed by atoms with van der Waals surface area (Å²) in [5.41, 5.74) is 8.93. The Balaban J connectivity index is 1.41. The van der Waals surface area contributed by atoms with Crippen molar-refractivity contribution in [3.63, 3.8) is 0 Å². The molecule has 0 saturated carbocycles. The first kappa shape index (κ1) is 22.1. The van der Waals surface area contributed by atoms with Crippen LogP contribution >= 0.6 is 0 Å². The second-order valence-electron chi connectivity index (χ2n) is 10.4. The molecule has 0 amide bonds. The minimum absolute atomic E-state index is 0.616. The SMILES string of the molecule is N#Cc1cccc(-n2c3ccccc3c3c4oc5ccccc5c4ccc32)c1-c1ccc2oc3ccccc3c2c1. The van der Waals surface area contributed by atoms with E-state index in [1.807, 2.05) is 54.6 Å². The van der Waals surface area contributed by atoms with Crippen molar-refractivity contribution in [2.24, 2.45) is 0 Å². The van der Waals surface area contributed by atoms with Gasteiger partial charge in [-0.05, 0) is 60.2 Å². The van der Waals surface area contributed by atoms with Crippen molar-refractivity contribution in [2.75, 3.05) is 0 Å². The zero-order valence-corrected chi connectivity index (χ0v) is 21.8. The van der Waals surface area contributed by atoms with Gasteiger partial charge in [-0.25, -0.2) is 0 Å². The van der Waals surface area contributed by atoms with E-state index in [-0.39, 0.29) is 0 Å². The molecular formula is C37H20N2O2. The molecule has 9 rings (SSSR count). The smallest absolute Gasteiger partial charge is 0.145 e. The number of hydrogen-bond donors (Lipinski definition) is 0. The Labute approximate surface area is 233 Å². The van der Waals surface area contributed by atoms with Gasteiger partial charge in [0.25, 0.3) is 0 Å². The fourth-order valence-corrected chi connectivity index (χ4v) is 6.50. The first-order valence-electron chi connectivity index (χ1n) is 13.6. The number of para-hydroxylation sites is 3. The van der Waals surface area contributed by atoms with Crippen molar-refractivity contribution in [2.45, 2.75) is 0 Å². The van der Waals surface area contributed by atoms with E-state index in [2.05, 4.69) is 77.4 Å². The molecule has 0 saturated heterocycles. The van der Waals surface area contributed by atoms with Gasteiger partial charge in [0.1, 0.15) is 22.3 Å². The fourth-order valence-electron chi connectivity index (χ4n) is 6.50. The lowest BCUT2D eigenvalue weighted by molar-refractivity contribution is 0.669. The lowest BCUT2D eigenvalue weighted by Crippen LogP contribution is -1.99. The molecule has 41 heavy (non-hydrogen) atoms. The number of hydrogen-bond acceptors (Lipinski definition) is 3. The van der Waals surface area contributed by atoms with E-state index in [0.717, 1.165) is 82.5 Å². The van der Waals surface area contributed by atoms with Gasteiger partial charge < -0.3 is 13.4 Å². The van der Waals surface area contributed by atoms with Crippen LogP contribution in [0.15, 0.2) is 130 Å². The number of fused-ring (bicyclic) bond motifs is 10. The van der Waals surface area contributed by atoms with Gasteiger partial charge in [-0.3, -0.25) is 0 Å². The zero-order chi connectivity index (χ0) is 27.1. The normalized spacial score (nSPS) is 11.9. The van der Waals surface area contributed by atoms with E-state index in [9.17, 15) is 5.26 Å². The van der Waals surface area contributed by atoms with Crippen LogP contribution in [0.1, 0.15) is 5.56 Å². The number of rotatable bonds is 2. The van der Waals surface area contributed by atoms with Crippen LogP contribution in [0.3, 0.4) is 0 Å². The van der Waals surface area contributed by atoms with Crippen molar-refractivity contribution in [1.82, 2.24) is 4.57 Å². The lowest BCUT2D eigenvalue weighted by Gasteiger charge is -2.15. The molecule has 0 aliphatic rings. The molecule has 4 heteroatoms. The predicted octanol–water partition coefficient (Wildman–Crippen LogP) is 10.1. The van der Waals surface area contributed by atoms with Gasteiger partial charge in [0, 0.05) is 32.5 Å². The van der Waals surface area contributed by atoms with E-state index in [1.54, 1.807) is 0 Å². The van der Waals surface area contributed by atoms with E-state index in [0.29, 0.717) is 5.56 Å². The molecule has 0 aliphatic carbocycles. The number of benzene rings is 6. The van der Waals surface area contributed by atoms with Gasteiger partial charge in [-0.15, -0.1) is 0 Å². The molecule has 9 aromatic rings. The quantitative estimate of drug-likeness (QED) is 0.226. The van der Waals surface area contributed by atoms with Crippen molar-refractivity contribution >= 4 is 65.7 Å². The van der Waals surface area contributed by atoms with Crippen LogP contribution in [0.2, 0.25) is 0 Å². The molecule has 0 spiro atoms. The summed E-state index contributed by atoms with van der Waals surface area (Å²) in [6.07, 6.45) is 0. The zero-order valence-electron chi connectivity index (χ0n) is 21.8. The third-order valence-corrected chi connectivity index (χ3v) is 8.25. The molecule has 190 valence electrons. The third-order valence-electron chi connectivity index (χ3n) is 8.25. The Hall–Kier alpha value is -5.79.